The molecule has 1 N–H and O–H groups in total. The van der Waals surface area contributed by atoms with Gasteiger partial charge in [-0.3, -0.25) is 14.2 Å². The molecule has 6 heteroatoms. The molecule has 1 aliphatic rings. The van der Waals surface area contributed by atoms with Crippen molar-refractivity contribution in [2.75, 3.05) is 5.32 Å². The third-order valence-corrected chi connectivity index (χ3v) is 5.46. The molecule has 0 fully saturated rings. The molecule has 25 heavy (non-hydrogen) atoms. The van der Waals surface area contributed by atoms with E-state index in [1.807, 2.05) is 48.5 Å². The predicted molar refractivity (Wildman–Crippen MR) is 99.1 cm³/mol. The van der Waals surface area contributed by atoms with Gasteiger partial charge in [0.25, 0.3) is 0 Å². The first-order valence-electron chi connectivity index (χ1n) is 8.23. The lowest BCUT2D eigenvalue weighted by atomic mass is 10.1. The van der Waals surface area contributed by atoms with Gasteiger partial charge in [0.05, 0.1) is 11.0 Å². The number of amides is 1. The minimum absolute atomic E-state index is 0.0936. The largest absolute Gasteiger partial charge is 0.325 e. The lowest BCUT2D eigenvalue weighted by Crippen LogP contribution is -2.33. The number of fused-ring (bicyclic) bond motifs is 3. The second-order valence-corrected chi connectivity index (χ2v) is 7.13. The molecule has 0 bridgehead atoms. The van der Waals surface area contributed by atoms with Crippen LogP contribution < -0.4 is 5.32 Å². The number of benzene rings is 2. The number of carbonyl (C=O) groups is 2. The summed E-state index contributed by atoms with van der Waals surface area (Å²) >= 11 is 1.34. The zero-order valence-electron chi connectivity index (χ0n) is 13.7. The van der Waals surface area contributed by atoms with E-state index in [-0.39, 0.29) is 18.2 Å². The fraction of sp³-hybridized carbons (Fsp3) is 0.211. The first-order chi connectivity index (χ1) is 12.2. The molecule has 0 saturated carbocycles. The van der Waals surface area contributed by atoms with Crippen molar-refractivity contribution in [2.45, 2.75) is 30.2 Å². The molecule has 0 aliphatic carbocycles. The highest BCUT2D eigenvalue weighted by molar-refractivity contribution is 8.00. The van der Waals surface area contributed by atoms with Crippen molar-refractivity contribution in [1.29, 1.82) is 0 Å². The maximum Gasteiger partial charge on any atom is 0.238 e. The van der Waals surface area contributed by atoms with E-state index < -0.39 is 5.25 Å². The summed E-state index contributed by atoms with van der Waals surface area (Å²) in [4.78, 5) is 29.6. The van der Waals surface area contributed by atoms with Gasteiger partial charge < -0.3 is 5.32 Å². The monoisotopic (exact) mass is 351 g/mol. The molecule has 2 heterocycles. The number of carbonyl (C=O) groups excluding carboxylic acids is 2. The third kappa shape index (κ3) is 2.93. The van der Waals surface area contributed by atoms with E-state index in [4.69, 9.17) is 0 Å². The Kier molecular flexibility index (Phi) is 4.05. The lowest BCUT2D eigenvalue weighted by molar-refractivity contribution is -0.115. The summed E-state index contributed by atoms with van der Waals surface area (Å²) in [5, 5.41) is 3.01. The maximum absolute atomic E-state index is 12.6. The Morgan fingerprint density at radius 1 is 1.24 bits per heavy atom. The van der Waals surface area contributed by atoms with Crippen molar-refractivity contribution < 1.29 is 9.59 Å². The number of hydrogen-bond donors (Lipinski definition) is 1. The fourth-order valence-electron chi connectivity index (χ4n) is 2.94. The van der Waals surface area contributed by atoms with Crippen LogP contribution in [0, 0.1) is 0 Å². The standard InChI is InChI=1S/C19H17N3O2S/c1-2-12-7-9-13(10-8-12)20-18(24)16-11-17(23)22-15-6-4-3-5-14(15)21-19(22)25-16/h3-10,16H,2,11H2,1H3,(H,20,24)/t16-/m0/s1. The van der Waals surface area contributed by atoms with E-state index in [1.54, 1.807) is 4.57 Å². The summed E-state index contributed by atoms with van der Waals surface area (Å²) in [5.41, 5.74) is 3.53. The Balaban J connectivity index is 1.55. The van der Waals surface area contributed by atoms with Gasteiger partial charge in [-0.05, 0) is 36.2 Å². The highest BCUT2D eigenvalue weighted by Gasteiger charge is 2.33. The number of para-hydroxylation sites is 2. The van der Waals surface area contributed by atoms with Gasteiger partial charge in [-0.15, -0.1) is 0 Å². The lowest BCUT2D eigenvalue weighted by Gasteiger charge is -2.21. The zero-order valence-corrected chi connectivity index (χ0v) is 14.5. The van der Waals surface area contributed by atoms with Crippen molar-refractivity contribution >= 4 is 40.3 Å². The van der Waals surface area contributed by atoms with Crippen LogP contribution in [-0.2, 0) is 11.2 Å². The Morgan fingerprint density at radius 2 is 2.00 bits per heavy atom. The van der Waals surface area contributed by atoms with Gasteiger partial charge >= 0.3 is 0 Å². The van der Waals surface area contributed by atoms with Crippen LogP contribution in [0.3, 0.4) is 0 Å². The average molecular weight is 351 g/mol. The van der Waals surface area contributed by atoms with Crippen LogP contribution in [0.1, 0.15) is 23.7 Å². The number of imidazole rings is 1. The zero-order chi connectivity index (χ0) is 17.4. The minimum Gasteiger partial charge on any atom is -0.325 e. The summed E-state index contributed by atoms with van der Waals surface area (Å²) in [6, 6.07) is 15.3. The van der Waals surface area contributed by atoms with Crippen LogP contribution in [0.25, 0.3) is 11.0 Å². The van der Waals surface area contributed by atoms with Crippen molar-refractivity contribution in [3.8, 4) is 0 Å². The molecule has 3 aromatic rings. The molecule has 5 nitrogen and oxygen atoms in total. The molecule has 1 aliphatic heterocycles. The van der Waals surface area contributed by atoms with Gasteiger partial charge in [-0.2, -0.15) is 0 Å². The van der Waals surface area contributed by atoms with Crippen molar-refractivity contribution in [2.24, 2.45) is 0 Å². The quantitative estimate of drug-likeness (QED) is 0.781. The van der Waals surface area contributed by atoms with Gasteiger partial charge in [0, 0.05) is 12.1 Å². The van der Waals surface area contributed by atoms with Crippen LogP contribution in [0.4, 0.5) is 5.69 Å². The average Bonchev–Trinajstić information content (AvgIpc) is 3.01. The van der Waals surface area contributed by atoms with Gasteiger partial charge in [-0.1, -0.05) is 43.0 Å². The van der Waals surface area contributed by atoms with E-state index in [0.717, 1.165) is 23.1 Å². The Labute approximate surface area is 149 Å². The Bertz CT molecular complexity index is 962. The normalized spacial score (nSPS) is 16.7. The Hall–Kier alpha value is -2.60. The number of anilines is 1. The number of hydrogen-bond acceptors (Lipinski definition) is 4. The van der Waals surface area contributed by atoms with E-state index in [0.29, 0.717) is 5.16 Å². The molecule has 0 radical (unpaired) electrons. The van der Waals surface area contributed by atoms with Crippen LogP contribution in [0.5, 0.6) is 0 Å². The maximum atomic E-state index is 12.6. The molecular formula is C19H17N3O2S. The smallest absolute Gasteiger partial charge is 0.238 e. The first-order valence-corrected chi connectivity index (χ1v) is 9.11. The number of rotatable bonds is 3. The van der Waals surface area contributed by atoms with Crippen LogP contribution >= 0.6 is 11.8 Å². The Morgan fingerprint density at radius 3 is 2.76 bits per heavy atom. The van der Waals surface area contributed by atoms with Crippen molar-refractivity contribution in [1.82, 2.24) is 9.55 Å². The molecule has 0 unspecified atom stereocenters. The summed E-state index contributed by atoms with van der Waals surface area (Å²) in [7, 11) is 0. The number of nitrogens with zero attached hydrogens (tertiary/aromatic N) is 2. The van der Waals surface area contributed by atoms with Gasteiger partial charge in [0.1, 0.15) is 5.25 Å². The van der Waals surface area contributed by atoms with E-state index in [9.17, 15) is 9.59 Å². The van der Waals surface area contributed by atoms with Crippen LogP contribution in [0.2, 0.25) is 0 Å². The molecular weight excluding hydrogens is 334 g/mol. The number of thioether (sulfide) groups is 1. The van der Waals surface area contributed by atoms with Gasteiger partial charge in [0.15, 0.2) is 5.16 Å². The van der Waals surface area contributed by atoms with Crippen LogP contribution in [0.15, 0.2) is 53.7 Å². The van der Waals surface area contributed by atoms with Crippen LogP contribution in [-0.4, -0.2) is 26.6 Å². The summed E-state index contributed by atoms with van der Waals surface area (Å²) in [5.74, 6) is -0.259. The highest BCUT2D eigenvalue weighted by Crippen LogP contribution is 2.34. The van der Waals surface area contributed by atoms with E-state index in [1.165, 1.54) is 17.3 Å². The molecule has 1 atom stereocenters. The summed E-state index contributed by atoms with van der Waals surface area (Å²) < 4.78 is 1.61. The topological polar surface area (TPSA) is 64.0 Å². The van der Waals surface area contributed by atoms with Gasteiger partial charge in [0.2, 0.25) is 11.8 Å². The van der Waals surface area contributed by atoms with E-state index >= 15 is 0 Å². The molecule has 0 spiro atoms. The highest BCUT2D eigenvalue weighted by atomic mass is 32.2. The van der Waals surface area contributed by atoms with E-state index in [2.05, 4.69) is 17.2 Å². The molecule has 1 aromatic heterocycles. The van der Waals surface area contributed by atoms with Crippen molar-refractivity contribution in [3.05, 3.63) is 54.1 Å². The molecule has 0 saturated heterocycles. The van der Waals surface area contributed by atoms with Crippen molar-refractivity contribution in [3.63, 3.8) is 0 Å². The third-order valence-electron chi connectivity index (χ3n) is 4.31. The summed E-state index contributed by atoms with van der Waals surface area (Å²) in [6.45, 7) is 2.09. The minimum atomic E-state index is -0.470. The SMILES string of the molecule is CCc1ccc(NC(=O)[C@@H]2CC(=O)n3c(nc4ccccc43)S2)cc1. The second kappa shape index (κ2) is 6.37. The molecule has 4 rings (SSSR count). The molecule has 126 valence electrons. The number of nitrogens with one attached hydrogen (secondary N) is 1. The second-order valence-electron chi connectivity index (χ2n) is 5.96. The fourth-order valence-corrected chi connectivity index (χ4v) is 4.04. The molecule has 2 aromatic carbocycles. The number of aromatic nitrogens is 2. The summed E-state index contributed by atoms with van der Waals surface area (Å²) in [6.07, 6.45) is 1.12. The first kappa shape index (κ1) is 15.9. The predicted octanol–water partition coefficient (Wildman–Crippen LogP) is 3.74. The number of aryl methyl sites for hydroxylation is 1. The van der Waals surface area contributed by atoms with Gasteiger partial charge in [-0.25, -0.2) is 4.98 Å². The molecule has 1 amide bonds.